The number of amides is 1. The number of carbonyl (C=O) groups excluding carboxylic acids is 1. The number of nitrogens with zero attached hydrogens (tertiary/aromatic N) is 2. The van der Waals surface area contributed by atoms with Gasteiger partial charge in [-0.3, -0.25) is 4.90 Å². The molecule has 1 aliphatic heterocycles. The highest BCUT2D eigenvalue weighted by atomic mass is 19.1. The van der Waals surface area contributed by atoms with Gasteiger partial charge in [-0.05, 0) is 30.3 Å². The Bertz CT molecular complexity index is 1080. The van der Waals surface area contributed by atoms with Crippen LogP contribution in [0, 0.1) is 28.8 Å². The topological polar surface area (TPSA) is 53.3 Å². The molecule has 1 amide bonds. The maximum atomic E-state index is 14.9. The van der Waals surface area contributed by atoms with Crippen LogP contribution in [0.15, 0.2) is 72.8 Å². The molecule has 1 heterocycles. The molecule has 1 unspecified atom stereocenters. The summed E-state index contributed by atoms with van der Waals surface area (Å²) < 4.78 is 48.0. The fourth-order valence-corrected chi connectivity index (χ4v) is 3.89. The highest BCUT2D eigenvalue weighted by molar-refractivity contribution is 5.74. The first-order chi connectivity index (χ1) is 14.5. The molecule has 1 saturated heterocycles. The zero-order chi connectivity index (χ0) is 21.3. The summed E-state index contributed by atoms with van der Waals surface area (Å²) in [5, 5.41) is 9.27. The third-order valence-corrected chi connectivity index (χ3v) is 5.17. The molecule has 7 heteroatoms. The molecule has 150 valence electrons. The Morgan fingerprint density at radius 3 is 1.93 bits per heavy atom. The summed E-state index contributed by atoms with van der Waals surface area (Å²) in [4.78, 5) is 14.0. The van der Waals surface area contributed by atoms with Gasteiger partial charge in [-0.25, -0.2) is 18.0 Å². The molecule has 0 bridgehead atoms. The molecule has 4 rings (SSSR count). The molecule has 1 atom stereocenters. The second-order valence-electron chi connectivity index (χ2n) is 6.83. The first-order valence-corrected chi connectivity index (χ1v) is 9.10. The van der Waals surface area contributed by atoms with E-state index in [1.165, 1.54) is 66.7 Å². The van der Waals surface area contributed by atoms with Gasteiger partial charge in [0.15, 0.2) is 5.60 Å². The highest BCUT2D eigenvalue weighted by Gasteiger charge is 2.57. The van der Waals surface area contributed by atoms with Crippen LogP contribution in [0.2, 0.25) is 0 Å². The number of nitriles is 1. The molecule has 0 aliphatic carbocycles. The van der Waals surface area contributed by atoms with Crippen molar-refractivity contribution in [2.24, 2.45) is 0 Å². The maximum Gasteiger partial charge on any atom is 0.412 e. The lowest BCUT2D eigenvalue weighted by atomic mass is 9.77. The van der Waals surface area contributed by atoms with Crippen LogP contribution in [0.1, 0.15) is 22.7 Å². The van der Waals surface area contributed by atoms with Crippen LogP contribution in [0.3, 0.4) is 0 Å². The lowest BCUT2D eigenvalue weighted by molar-refractivity contribution is 0.0664. The van der Waals surface area contributed by atoms with Gasteiger partial charge in [0.25, 0.3) is 0 Å². The highest BCUT2D eigenvalue weighted by Crippen LogP contribution is 2.52. The lowest BCUT2D eigenvalue weighted by Crippen LogP contribution is -2.38. The maximum absolute atomic E-state index is 14.9. The molecular formula is C23H15F3N2O2. The van der Waals surface area contributed by atoms with E-state index in [4.69, 9.17) is 4.74 Å². The SMILES string of the molecule is N#CCN1C(=O)OC(c2ccc(F)cc2)(c2ccc(F)cc2)C1c1ccccc1F. The number of benzene rings is 3. The van der Waals surface area contributed by atoms with Gasteiger partial charge in [0, 0.05) is 16.7 Å². The van der Waals surface area contributed by atoms with Crippen molar-refractivity contribution >= 4 is 6.09 Å². The number of rotatable bonds is 4. The van der Waals surface area contributed by atoms with Gasteiger partial charge >= 0.3 is 6.09 Å². The van der Waals surface area contributed by atoms with Crippen molar-refractivity contribution in [1.82, 2.24) is 4.90 Å². The van der Waals surface area contributed by atoms with Crippen LogP contribution in [0.25, 0.3) is 0 Å². The summed E-state index contributed by atoms with van der Waals surface area (Å²) in [7, 11) is 0. The van der Waals surface area contributed by atoms with Gasteiger partial charge in [-0.2, -0.15) is 5.26 Å². The predicted molar refractivity (Wildman–Crippen MR) is 102 cm³/mol. The third-order valence-electron chi connectivity index (χ3n) is 5.17. The van der Waals surface area contributed by atoms with Crippen molar-refractivity contribution in [3.8, 4) is 6.07 Å². The number of cyclic esters (lactones) is 1. The molecule has 4 nitrogen and oxygen atoms in total. The monoisotopic (exact) mass is 408 g/mol. The zero-order valence-electron chi connectivity index (χ0n) is 15.6. The van der Waals surface area contributed by atoms with Crippen LogP contribution in [-0.2, 0) is 10.3 Å². The number of hydrogen-bond acceptors (Lipinski definition) is 3. The molecule has 1 fully saturated rings. The Hall–Kier alpha value is -3.79. The van der Waals surface area contributed by atoms with Gasteiger partial charge in [0.05, 0.1) is 6.07 Å². The molecule has 0 saturated carbocycles. The first-order valence-electron chi connectivity index (χ1n) is 9.10. The number of ether oxygens (including phenoxy) is 1. The number of hydrogen-bond donors (Lipinski definition) is 0. The fraction of sp³-hybridized carbons (Fsp3) is 0.130. The summed E-state index contributed by atoms with van der Waals surface area (Å²) in [6.45, 7) is -0.359. The van der Waals surface area contributed by atoms with E-state index >= 15 is 0 Å². The zero-order valence-corrected chi connectivity index (χ0v) is 15.6. The van der Waals surface area contributed by atoms with Crippen molar-refractivity contribution in [2.75, 3.05) is 6.54 Å². The quantitative estimate of drug-likeness (QED) is 0.567. The Balaban J connectivity index is 2.04. The van der Waals surface area contributed by atoms with Gasteiger partial charge < -0.3 is 4.74 Å². The molecule has 0 spiro atoms. The minimum Gasteiger partial charge on any atom is -0.430 e. The minimum atomic E-state index is -1.63. The van der Waals surface area contributed by atoms with Crippen molar-refractivity contribution < 1.29 is 22.7 Å². The normalized spacial score (nSPS) is 17.5. The van der Waals surface area contributed by atoms with E-state index in [2.05, 4.69) is 0 Å². The summed E-state index contributed by atoms with van der Waals surface area (Å²) in [6.07, 6.45) is -0.835. The van der Waals surface area contributed by atoms with Crippen molar-refractivity contribution in [1.29, 1.82) is 5.26 Å². The van der Waals surface area contributed by atoms with E-state index in [1.807, 2.05) is 6.07 Å². The van der Waals surface area contributed by atoms with E-state index in [0.717, 1.165) is 4.90 Å². The van der Waals surface area contributed by atoms with Gasteiger partial charge in [-0.1, -0.05) is 42.5 Å². The second-order valence-corrected chi connectivity index (χ2v) is 6.83. The Morgan fingerprint density at radius 1 is 0.900 bits per heavy atom. The minimum absolute atomic E-state index is 0.118. The molecule has 30 heavy (non-hydrogen) atoms. The fourth-order valence-electron chi connectivity index (χ4n) is 3.89. The summed E-state index contributed by atoms with van der Waals surface area (Å²) in [5.74, 6) is -1.61. The third kappa shape index (κ3) is 3.07. The summed E-state index contributed by atoms with van der Waals surface area (Å²) in [6, 6.07) is 17.1. The van der Waals surface area contributed by atoms with Crippen LogP contribution in [0.5, 0.6) is 0 Å². The second kappa shape index (κ2) is 7.56. The van der Waals surface area contributed by atoms with Gasteiger partial charge in [0.1, 0.15) is 30.0 Å². The molecule has 0 radical (unpaired) electrons. The van der Waals surface area contributed by atoms with Crippen molar-refractivity contribution in [3.63, 3.8) is 0 Å². The molecule has 1 aliphatic rings. The first kappa shape index (κ1) is 19.5. The average molecular weight is 408 g/mol. The summed E-state index contributed by atoms with van der Waals surface area (Å²) in [5.41, 5.74) is -0.792. The Morgan fingerprint density at radius 2 is 1.43 bits per heavy atom. The van der Waals surface area contributed by atoms with Crippen LogP contribution in [0.4, 0.5) is 18.0 Å². The van der Waals surface area contributed by atoms with E-state index in [9.17, 15) is 23.2 Å². The van der Waals surface area contributed by atoms with Crippen LogP contribution >= 0.6 is 0 Å². The van der Waals surface area contributed by atoms with E-state index in [1.54, 1.807) is 6.07 Å². The Kier molecular flexibility index (Phi) is 4.92. The van der Waals surface area contributed by atoms with Gasteiger partial charge in [-0.15, -0.1) is 0 Å². The summed E-state index contributed by atoms with van der Waals surface area (Å²) >= 11 is 0. The van der Waals surface area contributed by atoms with Crippen molar-refractivity contribution in [3.05, 3.63) is 107 Å². The molecule has 3 aromatic rings. The van der Waals surface area contributed by atoms with E-state index in [-0.39, 0.29) is 12.1 Å². The Labute approximate surface area is 170 Å². The van der Waals surface area contributed by atoms with E-state index < -0.39 is 35.2 Å². The predicted octanol–water partition coefficient (Wildman–Crippen LogP) is 5.06. The molecule has 0 aromatic heterocycles. The van der Waals surface area contributed by atoms with E-state index in [0.29, 0.717) is 11.1 Å². The van der Waals surface area contributed by atoms with Gasteiger partial charge in [0.2, 0.25) is 0 Å². The molecule has 0 N–H and O–H groups in total. The largest absolute Gasteiger partial charge is 0.430 e. The molecular weight excluding hydrogens is 393 g/mol. The average Bonchev–Trinajstić information content (AvgIpc) is 3.03. The standard InChI is InChI=1S/C23H15F3N2O2/c24-17-9-5-15(6-10-17)23(16-7-11-18(25)12-8-16)21(19-3-1-2-4-20(19)26)28(14-13-27)22(29)30-23/h1-12,21H,14H2. The van der Waals surface area contributed by atoms with Crippen LogP contribution in [-0.4, -0.2) is 17.5 Å². The number of halogens is 3. The number of carbonyl (C=O) groups is 1. The smallest absolute Gasteiger partial charge is 0.412 e. The molecule has 3 aromatic carbocycles. The lowest BCUT2D eigenvalue weighted by Gasteiger charge is -2.35. The van der Waals surface area contributed by atoms with Crippen LogP contribution < -0.4 is 0 Å². The van der Waals surface area contributed by atoms with Crippen molar-refractivity contribution in [2.45, 2.75) is 11.6 Å².